The van der Waals surface area contributed by atoms with Gasteiger partial charge in [0.15, 0.2) is 0 Å². The lowest BCUT2D eigenvalue weighted by atomic mass is 10.2. The highest BCUT2D eigenvalue weighted by Crippen LogP contribution is 2.21. The minimum atomic E-state index is -0.455. The second kappa shape index (κ2) is 5.05. The van der Waals surface area contributed by atoms with E-state index in [0.717, 1.165) is 10.9 Å². The Morgan fingerprint density at radius 3 is 2.95 bits per heavy atom. The van der Waals surface area contributed by atoms with Crippen molar-refractivity contribution in [2.45, 2.75) is 0 Å². The van der Waals surface area contributed by atoms with Crippen molar-refractivity contribution in [3.8, 4) is 0 Å². The molecule has 3 aromatic rings. The summed E-state index contributed by atoms with van der Waals surface area (Å²) in [4.78, 5) is 12.1. The number of fused-ring (bicyclic) bond motifs is 1. The fourth-order valence-corrected chi connectivity index (χ4v) is 2.32. The number of H-pyrrole nitrogens is 1. The summed E-state index contributed by atoms with van der Waals surface area (Å²) in [6.07, 6.45) is 1.67. The van der Waals surface area contributed by atoms with Crippen LogP contribution in [0.3, 0.4) is 0 Å². The molecule has 0 radical (unpaired) electrons. The smallest absolute Gasteiger partial charge is 0.256 e. The summed E-state index contributed by atoms with van der Waals surface area (Å²) >= 11 is 3.24. The highest BCUT2D eigenvalue weighted by molar-refractivity contribution is 9.10. The van der Waals surface area contributed by atoms with E-state index in [0.29, 0.717) is 10.2 Å². The predicted molar refractivity (Wildman–Crippen MR) is 78.1 cm³/mol. The van der Waals surface area contributed by atoms with Crippen LogP contribution < -0.4 is 5.32 Å². The summed E-state index contributed by atoms with van der Waals surface area (Å²) in [5.74, 6) is -0.831. The van der Waals surface area contributed by atoms with Gasteiger partial charge in [-0.15, -0.1) is 0 Å². The molecule has 100 valence electrons. The Morgan fingerprint density at radius 2 is 2.10 bits per heavy atom. The molecule has 2 N–H and O–H groups in total. The van der Waals surface area contributed by atoms with Crippen LogP contribution in [0.25, 0.3) is 10.9 Å². The first-order chi connectivity index (χ1) is 9.63. The molecule has 1 aromatic heterocycles. The van der Waals surface area contributed by atoms with E-state index in [2.05, 4.69) is 31.4 Å². The van der Waals surface area contributed by atoms with E-state index in [-0.39, 0.29) is 11.5 Å². The number of aromatic nitrogens is 2. The Hall–Kier alpha value is -2.21. The minimum Gasteiger partial charge on any atom is -0.322 e. The van der Waals surface area contributed by atoms with Crippen LogP contribution in [0, 0.1) is 5.82 Å². The molecule has 1 amide bonds. The van der Waals surface area contributed by atoms with Crippen molar-refractivity contribution in [1.29, 1.82) is 0 Å². The van der Waals surface area contributed by atoms with Gasteiger partial charge in [-0.05, 0) is 52.3 Å². The molecule has 3 rings (SSSR count). The molecule has 0 aliphatic carbocycles. The third-order valence-corrected chi connectivity index (χ3v) is 3.56. The molecule has 20 heavy (non-hydrogen) atoms. The number of halogens is 2. The largest absolute Gasteiger partial charge is 0.322 e. The summed E-state index contributed by atoms with van der Waals surface area (Å²) < 4.78 is 13.7. The topological polar surface area (TPSA) is 57.8 Å². The van der Waals surface area contributed by atoms with Crippen molar-refractivity contribution in [2.75, 3.05) is 5.32 Å². The van der Waals surface area contributed by atoms with E-state index >= 15 is 0 Å². The van der Waals surface area contributed by atoms with Gasteiger partial charge in [-0.3, -0.25) is 9.89 Å². The van der Waals surface area contributed by atoms with Crippen LogP contribution in [0.15, 0.2) is 47.1 Å². The van der Waals surface area contributed by atoms with E-state index in [1.165, 1.54) is 18.2 Å². The van der Waals surface area contributed by atoms with Gasteiger partial charge in [0.1, 0.15) is 5.82 Å². The van der Waals surface area contributed by atoms with Gasteiger partial charge >= 0.3 is 0 Å². The number of hydrogen-bond acceptors (Lipinski definition) is 2. The van der Waals surface area contributed by atoms with Crippen LogP contribution in [0.4, 0.5) is 10.1 Å². The number of carbonyl (C=O) groups is 1. The Kier molecular flexibility index (Phi) is 3.23. The minimum absolute atomic E-state index is 0.247. The standard InChI is InChI=1S/C14H9BrFN3O/c15-12-3-1-9(16)6-11(12)14(20)18-10-2-4-13-8(5-10)7-17-19-13/h1-7H,(H,17,19)(H,18,20). The van der Waals surface area contributed by atoms with Crippen LogP contribution in [0.2, 0.25) is 0 Å². The van der Waals surface area contributed by atoms with Gasteiger partial charge in [0, 0.05) is 15.5 Å². The van der Waals surface area contributed by atoms with E-state index < -0.39 is 5.82 Å². The molecule has 1 heterocycles. The second-order valence-electron chi connectivity index (χ2n) is 4.25. The van der Waals surface area contributed by atoms with Crippen molar-refractivity contribution in [3.63, 3.8) is 0 Å². The van der Waals surface area contributed by atoms with Crippen LogP contribution in [0.1, 0.15) is 10.4 Å². The fraction of sp³-hybridized carbons (Fsp3) is 0. The lowest BCUT2D eigenvalue weighted by molar-refractivity contribution is 0.102. The number of hydrogen-bond donors (Lipinski definition) is 2. The lowest BCUT2D eigenvalue weighted by Crippen LogP contribution is -2.12. The summed E-state index contributed by atoms with van der Waals surface area (Å²) in [5, 5.41) is 10.4. The van der Waals surface area contributed by atoms with Gasteiger partial charge in [0.2, 0.25) is 0 Å². The molecular weight excluding hydrogens is 325 g/mol. The van der Waals surface area contributed by atoms with E-state index in [1.807, 2.05) is 6.07 Å². The average molecular weight is 334 g/mol. The SMILES string of the molecule is O=C(Nc1ccc2[nH]ncc2c1)c1cc(F)ccc1Br. The maximum absolute atomic E-state index is 13.2. The zero-order valence-electron chi connectivity index (χ0n) is 10.2. The first-order valence-corrected chi connectivity index (χ1v) is 6.62. The normalized spacial score (nSPS) is 10.7. The van der Waals surface area contributed by atoms with Gasteiger partial charge in [0.05, 0.1) is 17.3 Å². The molecule has 0 unspecified atom stereocenters. The van der Waals surface area contributed by atoms with Crippen molar-refractivity contribution < 1.29 is 9.18 Å². The second-order valence-corrected chi connectivity index (χ2v) is 5.10. The lowest BCUT2D eigenvalue weighted by Gasteiger charge is -2.07. The summed E-state index contributed by atoms with van der Waals surface area (Å²) in [6.45, 7) is 0. The van der Waals surface area contributed by atoms with E-state index in [1.54, 1.807) is 18.3 Å². The fourth-order valence-electron chi connectivity index (χ4n) is 1.89. The maximum atomic E-state index is 13.2. The first-order valence-electron chi connectivity index (χ1n) is 5.83. The third kappa shape index (κ3) is 2.42. The quantitative estimate of drug-likeness (QED) is 0.750. The Balaban J connectivity index is 1.89. The number of aromatic amines is 1. The molecule has 0 aliphatic rings. The Labute approximate surface area is 122 Å². The maximum Gasteiger partial charge on any atom is 0.256 e. The van der Waals surface area contributed by atoms with E-state index in [9.17, 15) is 9.18 Å². The van der Waals surface area contributed by atoms with Gasteiger partial charge in [0.25, 0.3) is 5.91 Å². The van der Waals surface area contributed by atoms with Crippen molar-refractivity contribution in [1.82, 2.24) is 10.2 Å². The van der Waals surface area contributed by atoms with Crippen molar-refractivity contribution in [2.24, 2.45) is 0 Å². The molecular formula is C14H9BrFN3O. The van der Waals surface area contributed by atoms with Crippen LogP contribution >= 0.6 is 15.9 Å². The Morgan fingerprint density at radius 1 is 1.25 bits per heavy atom. The molecule has 4 nitrogen and oxygen atoms in total. The number of amides is 1. The number of rotatable bonds is 2. The van der Waals surface area contributed by atoms with Crippen molar-refractivity contribution >= 4 is 38.4 Å². The van der Waals surface area contributed by atoms with Gasteiger partial charge in [-0.25, -0.2) is 4.39 Å². The monoisotopic (exact) mass is 333 g/mol. The molecule has 0 saturated carbocycles. The third-order valence-electron chi connectivity index (χ3n) is 2.87. The average Bonchev–Trinajstić information content (AvgIpc) is 2.89. The van der Waals surface area contributed by atoms with Gasteiger partial charge in [-0.2, -0.15) is 5.10 Å². The predicted octanol–water partition coefficient (Wildman–Crippen LogP) is 3.72. The van der Waals surface area contributed by atoms with Crippen LogP contribution in [-0.2, 0) is 0 Å². The van der Waals surface area contributed by atoms with Crippen LogP contribution in [0.5, 0.6) is 0 Å². The zero-order valence-corrected chi connectivity index (χ0v) is 11.7. The Bertz CT molecular complexity index is 800. The molecule has 0 atom stereocenters. The molecule has 6 heteroatoms. The molecule has 0 spiro atoms. The summed E-state index contributed by atoms with van der Waals surface area (Å²) in [6, 6.07) is 9.35. The zero-order chi connectivity index (χ0) is 14.1. The highest BCUT2D eigenvalue weighted by atomic mass is 79.9. The summed E-state index contributed by atoms with van der Waals surface area (Å²) in [7, 11) is 0. The number of benzene rings is 2. The van der Waals surface area contributed by atoms with Gasteiger partial charge in [-0.1, -0.05) is 0 Å². The van der Waals surface area contributed by atoms with Gasteiger partial charge < -0.3 is 5.32 Å². The van der Waals surface area contributed by atoms with Crippen molar-refractivity contribution in [3.05, 3.63) is 58.4 Å². The molecule has 0 aliphatic heterocycles. The molecule has 0 fully saturated rings. The van der Waals surface area contributed by atoms with Crippen LogP contribution in [-0.4, -0.2) is 16.1 Å². The first kappa shape index (κ1) is 12.8. The molecule has 0 bridgehead atoms. The number of nitrogens with zero attached hydrogens (tertiary/aromatic N) is 1. The highest BCUT2D eigenvalue weighted by Gasteiger charge is 2.11. The number of nitrogens with one attached hydrogen (secondary N) is 2. The molecule has 2 aromatic carbocycles. The van der Waals surface area contributed by atoms with E-state index in [4.69, 9.17) is 0 Å². The number of carbonyl (C=O) groups excluding carboxylic acids is 1. The summed E-state index contributed by atoms with van der Waals surface area (Å²) in [5.41, 5.74) is 1.76. The number of anilines is 1. The molecule has 0 saturated heterocycles.